The first-order chi connectivity index (χ1) is 37.2. The Morgan fingerprint density at radius 3 is 1.56 bits per heavy atom. The first-order valence-electron chi connectivity index (χ1n) is 27.7. The molecular formula is C52H86O27. The van der Waals surface area contributed by atoms with Crippen LogP contribution < -0.4 is 0 Å². The van der Waals surface area contributed by atoms with Gasteiger partial charge in [0.15, 0.2) is 25.2 Å². The zero-order chi connectivity index (χ0) is 57.6. The summed E-state index contributed by atoms with van der Waals surface area (Å²) in [5.74, 6) is -0.0145. The maximum atomic E-state index is 12.0. The number of fused-ring (bicyclic) bond motifs is 3. The summed E-state index contributed by atoms with van der Waals surface area (Å²) in [6.07, 6.45) is -37.0. The van der Waals surface area contributed by atoms with Crippen LogP contribution in [0.4, 0.5) is 0 Å². The summed E-state index contributed by atoms with van der Waals surface area (Å²) in [6, 6.07) is 0. The second-order valence-electron chi connectivity index (χ2n) is 24.9. The van der Waals surface area contributed by atoms with Gasteiger partial charge in [0.2, 0.25) is 0 Å². The highest BCUT2D eigenvalue weighted by Crippen LogP contribution is 2.73. The molecule has 1 spiro atoms. The SMILES string of the molecule is C=C1C[C@@]23CC[C@@H]4C(C)(OC5OC(CO)C(O)C(O)C5O)CCC[C@@]4(C)[C@@H]2CC[C@]1(OC1OC(CO)C(O)C(OC2OC(CO)C(O)C(O)C2O)C1OC1OC(CO)C(OC(C)(C)C2OC(CO)C(O)C(O)C2O)C(O)C1O)C3. The largest absolute Gasteiger partial charge is 0.394 e. The van der Waals surface area contributed by atoms with Crippen LogP contribution in [0, 0.1) is 22.7 Å². The Morgan fingerprint density at radius 2 is 0.962 bits per heavy atom. The zero-order valence-electron chi connectivity index (χ0n) is 44.9. The molecule has 9 aliphatic rings. The predicted octanol–water partition coefficient (Wildman–Crippen LogP) is -6.24. The van der Waals surface area contributed by atoms with E-state index in [9.17, 15) is 86.8 Å². The van der Waals surface area contributed by atoms with Crippen molar-refractivity contribution in [3.63, 3.8) is 0 Å². The third kappa shape index (κ3) is 10.8. The van der Waals surface area contributed by atoms with Crippen molar-refractivity contribution in [3.8, 4) is 0 Å². The lowest BCUT2D eigenvalue weighted by atomic mass is 9.42. The van der Waals surface area contributed by atoms with E-state index in [1.165, 1.54) is 13.8 Å². The molecule has 2 bridgehead atoms. The van der Waals surface area contributed by atoms with Crippen LogP contribution in [0.2, 0.25) is 0 Å². The standard InChI is InChI=1S/C52H86O27/c1-20-13-51-11-7-26-49(4,9-6-10-50(26,5)78-46-38(68)34(64)30(60)23(16-55)72-46)27(51)8-12-52(20,19-51)79-47-42(41(31(61)24(17-56)73-47)75-44-37(67)33(63)29(59)22(15-54)71-44)76-45-39(69)35(65)40(25(18-57)74-45)77-48(2,3)43-36(66)32(62)28(58)21(14-53)70-43/h21-47,53-69H,1,6-19H2,2-5H3/t21?,22?,23?,24?,25?,26-,27-,28?,29?,30?,31?,32?,33?,34?,35?,36?,37?,38?,39?,40?,41?,42?,43?,44?,45?,46?,47?,49+,50?,51+,52-/m0/s1. The van der Waals surface area contributed by atoms with Gasteiger partial charge in [-0.2, -0.15) is 0 Å². The fraction of sp³-hybridized carbons (Fsp3) is 0.962. The van der Waals surface area contributed by atoms with Crippen LogP contribution >= 0.6 is 0 Å². The maximum Gasteiger partial charge on any atom is 0.188 e. The molecular weight excluding hydrogens is 1060 g/mol. The van der Waals surface area contributed by atoms with E-state index >= 15 is 0 Å². The highest BCUT2D eigenvalue weighted by molar-refractivity contribution is 5.30. The molecule has 4 saturated carbocycles. The second-order valence-corrected chi connectivity index (χ2v) is 24.9. The second kappa shape index (κ2) is 23.5. The van der Waals surface area contributed by atoms with Crippen LogP contribution in [0.15, 0.2) is 12.2 Å². The first kappa shape index (κ1) is 62.2. The van der Waals surface area contributed by atoms with Crippen molar-refractivity contribution in [3.05, 3.63) is 12.2 Å². The van der Waals surface area contributed by atoms with Crippen molar-refractivity contribution in [2.75, 3.05) is 33.0 Å². The third-order valence-electron chi connectivity index (χ3n) is 19.7. The third-order valence-corrected chi connectivity index (χ3v) is 19.7. The molecule has 31 atom stereocenters. The van der Waals surface area contributed by atoms with Crippen molar-refractivity contribution in [2.45, 2.75) is 256 Å². The Labute approximate surface area is 456 Å². The molecule has 79 heavy (non-hydrogen) atoms. The molecule has 5 aliphatic heterocycles. The Balaban J connectivity index is 0.992. The van der Waals surface area contributed by atoms with Gasteiger partial charge in [0, 0.05) is 0 Å². The molecule has 27 heteroatoms. The summed E-state index contributed by atoms with van der Waals surface area (Å²) in [5, 5.41) is 184. The zero-order valence-corrected chi connectivity index (χ0v) is 44.9. The van der Waals surface area contributed by atoms with Gasteiger partial charge in [0.1, 0.15) is 128 Å². The van der Waals surface area contributed by atoms with Crippen LogP contribution in [-0.2, 0) is 47.4 Å². The van der Waals surface area contributed by atoms with Gasteiger partial charge in [-0.1, -0.05) is 19.9 Å². The lowest BCUT2D eigenvalue weighted by Gasteiger charge is -2.65. The summed E-state index contributed by atoms with van der Waals surface area (Å²) in [6.45, 7) is 7.62. The molecule has 456 valence electrons. The Bertz CT molecular complexity index is 2070. The molecule has 0 aromatic rings. The lowest BCUT2D eigenvalue weighted by molar-refractivity contribution is -0.403. The summed E-state index contributed by atoms with van der Waals surface area (Å²) in [4.78, 5) is 0. The fourth-order valence-corrected chi connectivity index (χ4v) is 15.6. The summed E-state index contributed by atoms with van der Waals surface area (Å²) < 4.78 is 62.4. The highest BCUT2D eigenvalue weighted by atomic mass is 16.8. The minimum atomic E-state index is -2.08. The number of hydrogen-bond acceptors (Lipinski definition) is 27. The van der Waals surface area contributed by atoms with Gasteiger partial charge in [-0.3, -0.25) is 0 Å². The molecule has 0 amide bonds. The number of hydrogen-bond donors (Lipinski definition) is 17. The van der Waals surface area contributed by atoms with Crippen LogP contribution in [0.3, 0.4) is 0 Å². The average Bonchev–Trinajstić information content (AvgIpc) is 3.86. The first-order valence-corrected chi connectivity index (χ1v) is 27.7. The van der Waals surface area contributed by atoms with Crippen LogP contribution in [0.25, 0.3) is 0 Å². The predicted molar refractivity (Wildman–Crippen MR) is 261 cm³/mol. The molecule has 27 nitrogen and oxygen atoms in total. The quantitative estimate of drug-likeness (QED) is 0.0505. The Kier molecular flexibility index (Phi) is 18.5. The van der Waals surface area contributed by atoms with Crippen molar-refractivity contribution in [1.29, 1.82) is 0 Å². The highest BCUT2D eigenvalue weighted by Gasteiger charge is 2.69. The molecule has 9 fully saturated rings. The molecule has 26 unspecified atom stereocenters. The monoisotopic (exact) mass is 1140 g/mol. The molecule has 0 radical (unpaired) electrons. The van der Waals surface area contributed by atoms with E-state index in [-0.39, 0.29) is 17.3 Å². The molecule has 0 aromatic heterocycles. The molecule has 5 saturated heterocycles. The molecule has 4 aliphatic carbocycles. The van der Waals surface area contributed by atoms with E-state index in [1.54, 1.807) is 0 Å². The number of rotatable bonds is 16. The summed E-state index contributed by atoms with van der Waals surface area (Å²) >= 11 is 0. The lowest BCUT2D eigenvalue weighted by Crippen LogP contribution is -2.69. The average molecular weight is 1140 g/mol. The number of aliphatic hydroxyl groups excluding tert-OH is 17. The van der Waals surface area contributed by atoms with Gasteiger partial charge < -0.3 is 134 Å². The van der Waals surface area contributed by atoms with Crippen molar-refractivity contribution in [1.82, 2.24) is 0 Å². The van der Waals surface area contributed by atoms with Gasteiger partial charge in [-0.05, 0) is 100 Å². The van der Waals surface area contributed by atoms with Gasteiger partial charge in [0.05, 0.1) is 49.8 Å². The molecule has 17 N–H and O–H groups in total. The van der Waals surface area contributed by atoms with E-state index in [4.69, 9.17) is 47.4 Å². The summed E-state index contributed by atoms with van der Waals surface area (Å²) in [7, 11) is 0. The molecule has 9 rings (SSSR count). The number of ether oxygens (including phenoxy) is 10. The Hall–Kier alpha value is -1.34. The van der Waals surface area contributed by atoms with Crippen LogP contribution in [0.1, 0.15) is 85.5 Å². The van der Waals surface area contributed by atoms with Gasteiger partial charge in [-0.15, -0.1) is 0 Å². The van der Waals surface area contributed by atoms with Crippen molar-refractivity contribution < 1.29 is 134 Å². The summed E-state index contributed by atoms with van der Waals surface area (Å²) in [5.41, 5.74) is -3.82. The minimum absolute atomic E-state index is 0.0601. The van der Waals surface area contributed by atoms with Gasteiger partial charge >= 0.3 is 0 Å². The van der Waals surface area contributed by atoms with Crippen LogP contribution in [0.5, 0.6) is 0 Å². The molecule has 0 aromatic carbocycles. The smallest absolute Gasteiger partial charge is 0.188 e. The maximum absolute atomic E-state index is 12.0. The van der Waals surface area contributed by atoms with Crippen LogP contribution in [-0.4, -0.2) is 290 Å². The normalized spacial score (nSPS) is 54.3. The topological polar surface area (TPSA) is 436 Å². The van der Waals surface area contributed by atoms with E-state index in [0.29, 0.717) is 50.5 Å². The van der Waals surface area contributed by atoms with Gasteiger partial charge in [-0.25, -0.2) is 0 Å². The van der Waals surface area contributed by atoms with E-state index in [2.05, 4.69) is 13.5 Å². The minimum Gasteiger partial charge on any atom is -0.394 e. The van der Waals surface area contributed by atoms with Crippen molar-refractivity contribution in [2.24, 2.45) is 22.7 Å². The van der Waals surface area contributed by atoms with E-state index < -0.39 is 209 Å². The van der Waals surface area contributed by atoms with Crippen molar-refractivity contribution >= 4 is 0 Å². The van der Waals surface area contributed by atoms with E-state index in [1.807, 2.05) is 6.92 Å². The Morgan fingerprint density at radius 1 is 0.481 bits per heavy atom. The van der Waals surface area contributed by atoms with E-state index in [0.717, 1.165) is 12.8 Å². The number of aliphatic hydroxyl groups is 17. The molecule has 5 heterocycles. The fourth-order valence-electron chi connectivity index (χ4n) is 15.6. The van der Waals surface area contributed by atoms with Gasteiger partial charge in [0.25, 0.3) is 0 Å².